The zero-order valence-corrected chi connectivity index (χ0v) is 16.9. The standard InChI is InChI=1S/C12H27O2PS4/c1-9(2)7-11(5)13-15(16,19(17)18)14-12(6)8-10(3)4/h9-12,16H,7-8H2,1-6H3. The molecular weight excluding hydrogens is 335 g/mol. The van der Waals surface area contributed by atoms with Crippen molar-refractivity contribution in [3.05, 3.63) is 0 Å². The predicted octanol–water partition coefficient (Wildman–Crippen LogP) is 5.04. The van der Waals surface area contributed by atoms with Crippen LogP contribution in [0.5, 0.6) is 0 Å². The molecule has 7 heteroatoms. The molecule has 19 heavy (non-hydrogen) atoms. The van der Waals surface area contributed by atoms with Crippen LogP contribution < -0.4 is 0 Å². The Morgan fingerprint density at radius 3 is 1.42 bits per heavy atom. The zero-order valence-electron chi connectivity index (χ0n) is 12.7. The first-order chi connectivity index (χ1) is 8.56. The molecule has 0 saturated carbocycles. The van der Waals surface area contributed by atoms with Crippen LogP contribution in [0.4, 0.5) is 0 Å². The van der Waals surface area contributed by atoms with Crippen LogP contribution in [0.2, 0.25) is 0 Å². The lowest BCUT2D eigenvalue weighted by Gasteiger charge is -2.27. The number of hydrogen-bond donors (Lipinski definition) is 1. The first-order valence-corrected chi connectivity index (χ1v) is 13.1. The summed E-state index contributed by atoms with van der Waals surface area (Å²) < 4.78 is 12.0. The van der Waals surface area contributed by atoms with Gasteiger partial charge in [-0.2, -0.15) is 0 Å². The van der Waals surface area contributed by atoms with Crippen LogP contribution in [0.3, 0.4) is 0 Å². The van der Waals surface area contributed by atoms with Gasteiger partial charge in [0, 0.05) is 0 Å². The van der Waals surface area contributed by atoms with E-state index in [1.165, 1.54) is 0 Å². The van der Waals surface area contributed by atoms with Crippen LogP contribution in [0.25, 0.3) is 0 Å². The van der Waals surface area contributed by atoms with Gasteiger partial charge in [0.2, 0.25) is 5.69 Å². The topological polar surface area (TPSA) is 18.5 Å². The second kappa shape index (κ2) is 9.39. The van der Waals surface area contributed by atoms with Gasteiger partial charge in [0.05, 0.1) is 12.2 Å². The Bertz CT molecular complexity index is 387. The molecule has 0 aromatic carbocycles. The maximum absolute atomic E-state index is 6.02. The van der Waals surface area contributed by atoms with Crippen LogP contribution >= 0.6 is 17.9 Å². The van der Waals surface area contributed by atoms with Gasteiger partial charge in [0.15, 0.2) is 0 Å². The molecular formula is C12H27O2PS4. The third kappa shape index (κ3) is 9.07. The van der Waals surface area contributed by atoms with E-state index in [9.17, 15) is 0 Å². The minimum atomic E-state index is -2.41. The summed E-state index contributed by atoms with van der Waals surface area (Å²) in [7, 11) is -0.792. The summed E-state index contributed by atoms with van der Waals surface area (Å²) >= 11 is 15.1. The van der Waals surface area contributed by atoms with Crippen molar-refractivity contribution in [2.24, 2.45) is 11.8 Å². The highest BCUT2D eigenvalue weighted by molar-refractivity contribution is 8.77. The van der Waals surface area contributed by atoms with E-state index >= 15 is 0 Å². The fourth-order valence-corrected chi connectivity index (χ4v) is 6.77. The molecule has 0 saturated heterocycles. The van der Waals surface area contributed by atoms with Gasteiger partial charge in [-0.05, 0) is 68.1 Å². The van der Waals surface area contributed by atoms with Crippen LogP contribution in [0.15, 0.2) is 0 Å². The highest BCUT2D eigenvalue weighted by Gasteiger charge is 2.23. The Morgan fingerprint density at radius 2 is 1.21 bits per heavy atom. The maximum atomic E-state index is 6.02. The molecule has 0 aliphatic rings. The predicted molar refractivity (Wildman–Crippen MR) is 98.0 cm³/mol. The second-order valence-electron chi connectivity index (χ2n) is 5.78. The fourth-order valence-electron chi connectivity index (χ4n) is 1.96. The van der Waals surface area contributed by atoms with E-state index in [0.717, 1.165) is 12.8 Å². The van der Waals surface area contributed by atoms with Crippen LogP contribution in [-0.2, 0) is 38.6 Å². The molecule has 0 amide bonds. The average molecular weight is 363 g/mol. The van der Waals surface area contributed by atoms with Gasteiger partial charge in [-0.1, -0.05) is 39.9 Å². The van der Waals surface area contributed by atoms with Gasteiger partial charge in [0.1, 0.15) is 0 Å². The molecule has 0 heterocycles. The van der Waals surface area contributed by atoms with Gasteiger partial charge in [0.25, 0.3) is 0 Å². The lowest BCUT2D eigenvalue weighted by molar-refractivity contribution is 0.144. The third-order valence-corrected chi connectivity index (χ3v) is 13.3. The maximum Gasteiger partial charge on any atom is 0.246 e. The molecule has 0 bridgehead atoms. The van der Waals surface area contributed by atoms with Gasteiger partial charge < -0.3 is 9.05 Å². The van der Waals surface area contributed by atoms with Crippen LogP contribution in [0, 0.1) is 11.8 Å². The van der Waals surface area contributed by atoms with Crippen molar-refractivity contribution in [2.75, 3.05) is 0 Å². The zero-order chi connectivity index (χ0) is 15.2. The summed E-state index contributed by atoms with van der Waals surface area (Å²) in [5.74, 6) is 1.14. The number of thiol groups is 1. The van der Waals surface area contributed by atoms with E-state index in [4.69, 9.17) is 31.4 Å². The minimum Gasteiger partial charge on any atom is -0.319 e. The minimum absolute atomic E-state index is 0.0815. The van der Waals surface area contributed by atoms with Crippen molar-refractivity contribution in [1.29, 1.82) is 0 Å². The van der Waals surface area contributed by atoms with Gasteiger partial charge in [-0.15, -0.1) is 0 Å². The first kappa shape index (κ1) is 20.4. The molecule has 0 N–H and O–H groups in total. The van der Waals surface area contributed by atoms with E-state index in [2.05, 4.69) is 39.9 Å². The molecule has 0 aliphatic heterocycles. The fraction of sp³-hybridized carbons (Fsp3) is 1.00. The Morgan fingerprint density at radius 1 is 0.895 bits per heavy atom. The lowest BCUT2D eigenvalue weighted by Crippen LogP contribution is -2.14. The molecule has 0 radical (unpaired) electrons. The summed E-state index contributed by atoms with van der Waals surface area (Å²) in [6, 6.07) is 0. The summed E-state index contributed by atoms with van der Waals surface area (Å²) in [6.45, 7) is 12.8. The van der Waals surface area contributed by atoms with Gasteiger partial charge in [-0.25, -0.2) is 0 Å². The Hall–Kier alpha value is 1.36. The van der Waals surface area contributed by atoms with Crippen molar-refractivity contribution in [3.8, 4) is 0 Å². The molecule has 2 unspecified atom stereocenters. The van der Waals surface area contributed by atoms with E-state index in [0.29, 0.717) is 11.8 Å². The normalized spacial score (nSPS) is 18.4. The molecule has 2 atom stereocenters. The third-order valence-electron chi connectivity index (χ3n) is 2.42. The second-order valence-corrected chi connectivity index (χ2v) is 16.6. The van der Waals surface area contributed by atoms with Crippen LogP contribution in [0.1, 0.15) is 54.4 Å². The Balaban J connectivity index is 4.85. The van der Waals surface area contributed by atoms with Crippen LogP contribution in [-0.4, -0.2) is 12.2 Å². The lowest BCUT2D eigenvalue weighted by atomic mass is 10.1. The highest BCUT2D eigenvalue weighted by Crippen LogP contribution is 2.57. The molecule has 0 fully saturated rings. The summed E-state index contributed by atoms with van der Waals surface area (Å²) in [4.78, 5) is 0. The largest absolute Gasteiger partial charge is 0.319 e. The van der Waals surface area contributed by atoms with Crippen molar-refractivity contribution < 1.29 is 9.05 Å². The monoisotopic (exact) mass is 362 g/mol. The summed E-state index contributed by atoms with van der Waals surface area (Å²) in [6.07, 6.45) is 2.09. The van der Waals surface area contributed by atoms with Gasteiger partial charge in [-0.3, -0.25) is 0 Å². The van der Waals surface area contributed by atoms with E-state index in [-0.39, 0.29) is 12.2 Å². The SMILES string of the molecule is CC(C)CC(C)OP(S)(OC(C)CC(C)C)=S(=S)=S. The van der Waals surface area contributed by atoms with Gasteiger partial charge >= 0.3 is 0 Å². The molecule has 116 valence electrons. The Labute approximate surface area is 134 Å². The summed E-state index contributed by atoms with van der Waals surface area (Å²) in [5, 5.41) is 0. The molecule has 2 nitrogen and oxygen atoms in total. The number of hydrogen-bond acceptors (Lipinski definition) is 4. The molecule has 0 aliphatic carbocycles. The quantitative estimate of drug-likeness (QED) is 0.481. The molecule has 0 rings (SSSR count). The van der Waals surface area contributed by atoms with E-state index in [1.807, 2.05) is 13.8 Å². The molecule has 0 aromatic heterocycles. The van der Waals surface area contributed by atoms with Crippen molar-refractivity contribution in [2.45, 2.75) is 66.6 Å². The Kier molecular flexibility index (Phi) is 10.1. The van der Waals surface area contributed by atoms with Crippen molar-refractivity contribution in [3.63, 3.8) is 0 Å². The smallest absolute Gasteiger partial charge is 0.246 e. The van der Waals surface area contributed by atoms with E-state index in [1.54, 1.807) is 0 Å². The summed E-state index contributed by atoms with van der Waals surface area (Å²) in [5.41, 5.74) is -2.41. The van der Waals surface area contributed by atoms with Crippen molar-refractivity contribution >= 4 is 47.5 Å². The molecule has 0 spiro atoms. The van der Waals surface area contributed by atoms with Crippen molar-refractivity contribution in [1.82, 2.24) is 0 Å². The van der Waals surface area contributed by atoms with E-state index < -0.39 is 12.9 Å². The average Bonchev–Trinajstić information content (AvgIpc) is 2.12. The highest BCUT2D eigenvalue weighted by atomic mass is 33.3. The first-order valence-electron chi connectivity index (χ1n) is 6.65. The molecule has 0 aromatic rings. The number of rotatable bonds is 8.